The highest BCUT2D eigenvalue weighted by molar-refractivity contribution is 8.00. The minimum atomic E-state index is 0.843. The Labute approximate surface area is 86.0 Å². The standard InChI is InChI=1S/C11H21NS/c1-2-12-11(9-6-7-9)10-5-3-4-8-13-10/h9-12H,2-8H2,1H3. The van der Waals surface area contributed by atoms with Gasteiger partial charge in [-0.15, -0.1) is 0 Å². The maximum Gasteiger partial charge on any atom is 0.0214 e. The van der Waals surface area contributed by atoms with E-state index in [1.165, 1.54) is 37.9 Å². The second-order valence-corrected chi connectivity index (χ2v) is 5.67. The summed E-state index contributed by atoms with van der Waals surface area (Å²) < 4.78 is 0. The van der Waals surface area contributed by atoms with Crippen LogP contribution in [0, 0.1) is 5.92 Å². The molecule has 1 heterocycles. The average molecular weight is 199 g/mol. The second-order valence-electron chi connectivity index (χ2n) is 4.33. The predicted molar refractivity (Wildman–Crippen MR) is 60.3 cm³/mol. The smallest absolute Gasteiger partial charge is 0.0214 e. The summed E-state index contributed by atoms with van der Waals surface area (Å²) in [5.74, 6) is 2.43. The largest absolute Gasteiger partial charge is 0.313 e. The SMILES string of the molecule is CCNC(C1CC1)C1CCCCS1. The van der Waals surface area contributed by atoms with E-state index in [1.807, 2.05) is 0 Å². The van der Waals surface area contributed by atoms with E-state index in [1.54, 1.807) is 0 Å². The van der Waals surface area contributed by atoms with Gasteiger partial charge in [-0.1, -0.05) is 13.3 Å². The Balaban J connectivity index is 1.84. The van der Waals surface area contributed by atoms with Crippen molar-refractivity contribution >= 4 is 11.8 Å². The summed E-state index contributed by atoms with van der Waals surface area (Å²) in [5.41, 5.74) is 0. The molecule has 2 aliphatic rings. The van der Waals surface area contributed by atoms with Gasteiger partial charge in [0.1, 0.15) is 0 Å². The topological polar surface area (TPSA) is 12.0 Å². The highest BCUT2D eigenvalue weighted by atomic mass is 32.2. The molecule has 76 valence electrons. The Hall–Kier alpha value is 0.310. The van der Waals surface area contributed by atoms with E-state index in [0.717, 1.165) is 23.8 Å². The van der Waals surface area contributed by atoms with Crippen molar-refractivity contribution in [2.75, 3.05) is 12.3 Å². The minimum Gasteiger partial charge on any atom is -0.313 e. The van der Waals surface area contributed by atoms with Crippen molar-refractivity contribution in [2.24, 2.45) is 5.92 Å². The summed E-state index contributed by atoms with van der Waals surface area (Å²) >= 11 is 2.22. The van der Waals surface area contributed by atoms with Gasteiger partial charge in [-0.25, -0.2) is 0 Å². The van der Waals surface area contributed by atoms with Crippen LogP contribution in [0.15, 0.2) is 0 Å². The summed E-state index contributed by atoms with van der Waals surface area (Å²) in [6.07, 6.45) is 7.33. The van der Waals surface area contributed by atoms with Crippen LogP contribution in [-0.4, -0.2) is 23.6 Å². The summed E-state index contributed by atoms with van der Waals surface area (Å²) in [6, 6.07) is 0.843. The fraction of sp³-hybridized carbons (Fsp3) is 1.00. The molecular weight excluding hydrogens is 178 g/mol. The molecule has 1 saturated carbocycles. The molecule has 0 bridgehead atoms. The zero-order chi connectivity index (χ0) is 9.10. The van der Waals surface area contributed by atoms with Crippen LogP contribution in [-0.2, 0) is 0 Å². The summed E-state index contributed by atoms with van der Waals surface area (Å²) in [7, 11) is 0. The van der Waals surface area contributed by atoms with Crippen molar-refractivity contribution in [3.8, 4) is 0 Å². The van der Waals surface area contributed by atoms with Gasteiger partial charge in [0.25, 0.3) is 0 Å². The number of rotatable bonds is 4. The monoisotopic (exact) mass is 199 g/mol. The van der Waals surface area contributed by atoms with Gasteiger partial charge in [0.15, 0.2) is 0 Å². The summed E-state index contributed by atoms with van der Waals surface area (Å²) in [4.78, 5) is 0. The molecule has 0 amide bonds. The Morgan fingerprint density at radius 2 is 2.15 bits per heavy atom. The molecule has 2 unspecified atom stereocenters. The maximum atomic E-state index is 3.69. The van der Waals surface area contributed by atoms with Crippen LogP contribution >= 0.6 is 11.8 Å². The third kappa shape index (κ3) is 2.63. The first-order valence-corrected chi connectivity index (χ1v) is 6.81. The first-order valence-electron chi connectivity index (χ1n) is 5.77. The van der Waals surface area contributed by atoms with Gasteiger partial charge < -0.3 is 5.32 Å². The first kappa shape index (κ1) is 9.85. The van der Waals surface area contributed by atoms with E-state index in [-0.39, 0.29) is 0 Å². The van der Waals surface area contributed by atoms with Gasteiger partial charge in [-0.3, -0.25) is 0 Å². The number of nitrogens with one attached hydrogen (secondary N) is 1. The molecule has 1 aliphatic heterocycles. The highest BCUT2D eigenvalue weighted by Crippen LogP contribution is 2.40. The molecule has 2 fully saturated rings. The van der Waals surface area contributed by atoms with Gasteiger partial charge in [0.2, 0.25) is 0 Å². The number of thioether (sulfide) groups is 1. The van der Waals surface area contributed by atoms with Gasteiger partial charge >= 0.3 is 0 Å². The van der Waals surface area contributed by atoms with Gasteiger partial charge in [-0.2, -0.15) is 11.8 Å². The number of hydrogen-bond donors (Lipinski definition) is 1. The third-order valence-electron chi connectivity index (χ3n) is 3.19. The fourth-order valence-electron chi connectivity index (χ4n) is 2.34. The quantitative estimate of drug-likeness (QED) is 0.747. The van der Waals surface area contributed by atoms with E-state index in [9.17, 15) is 0 Å². The second kappa shape index (κ2) is 4.70. The lowest BCUT2D eigenvalue weighted by atomic mass is 10.0. The normalized spacial score (nSPS) is 31.6. The van der Waals surface area contributed by atoms with E-state index >= 15 is 0 Å². The van der Waals surface area contributed by atoms with Crippen molar-refractivity contribution in [3.05, 3.63) is 0 Å². The van der Waals surface area contributed by atoms with Crippen molar-refractivity contribution in [3.63, 3.8) is 0 Å². The molecule has 0 aromatic heterocycles. The molecule has 0 aromatic rings. The highest BCUT2D eigenvalue weighted by Gasteiger charge is 2.36. The van der Waals surface area contributed by atoms with Crippen LogP contribution in [0.4, 0.5) is 0 Å². The molecule has 1 nitrogen and oxygen atoms in total. The average Bonchev–Trinajstić information content (AvgIpc) is 2.99. The van der Waals surface area contributed by atoms with Crippen LogP contribution in [0.3, 0.4) is 0 Å². The minimum absolute atomic E-state index is 0.843. The Morgan fingerprint density at radius 1 is 1.31 bits per heavy atom. The lowest BCUT2D eigenvalue weighted by Gasteiger charge is -2.30. The number of hydrogen-bond acceptors (Lipinski definition) is 2. The molecular formula is C11H21NS. The van der Waals surface area contributed by atoms with Crippen molar-refractivity contribution in [1.82, 2.24) is 5.32 Å². The van der Waals surface area contributed by atoms with E-state index in [0.29, 0.717) is 0 Å². The molecule has 2 atom stereocenters. The molecule has 0 aromatic carbocycles. The van der Waals surface area contributed by atoms with Crippen molar-refractivity contribution in [2.45, 2.75) is 50.3 Å². The Bertz CT molecular complexity index is 150. The predicted octanol–water partition coefficient (Wildman–Crippen LogP) is 2.66. The molecule has 2 heteroatoms. The maximum absolute atomic E-state index is 3.69. The van der Waals surface area contributed by atoms with Gasteiger partial charge in [0, 0.05) is 11.3 Å². The lowest BCUT2D eigenvalue weighted by molar-refractivity contribution is 0.433. The van der Waals surface area contributed by atoms with Crippen LogP contribution < -0.4 is 5.32 Å². The van der Waals surface area contributed by atoms with E-state index < -0.39 is 0 Å². The zero-order valence-corrected chi connectivity index (χ0v) is 9.41. The third-order valence-corrected chi connectivity index (χ3v) is 4.67. The summed E-state index contributed by atoms with van der Waals surface area (Å²) in [6.45, 7) is 3.39. The molecule has 0 spiro atoms. The van der Waals surface area contributed by atoms with Crippen LogP contribution in [0.5, 0.6) is 0 Å². The van der Waals surface area contributed by atoms with Crippen LogP contribution in [0.2, 0.25) is 0 Å². The fourth-order valence-corrected chi connectivity index (χ4v) is 3.87. The molecule has 1 aliphatic carbocycles. The zero-order valence-electron chi connectivity index (χ0n) is 8.59. The Kier molecular flexibility index (Phi) is 3.56. The molecule has 13 heavy (non-hydrogen) atoms. The molecule has 1 saturated heterocycles. The van der Waals surface area contributed by atoms with Crippen LogP contribution in [0.1, 0.15) is 39.0 Å². The van der Waals surface area contributed by atoms with Crippen LogP contribution in [0.25, 0.3) is 0 Å². The molecule has 1 N–H and O–H groups in total. The summed E-state index contributed by atoms with van der Waals surface area (Å²) in [5, 5.41) is 4.63. The van der Waals surface area contributed by atoms with E-state index in [4.69, 9.17) is 0 Å². The molecule has 0 radical (unpaired) electrons. The van der Waals surface area contributed by atoms with Gasteiger partial charge in [0.05, 0.1) is 0 Å². The first-order chi connectivity index (χ1) is 6.42. The Morgan fingerprint density at radius 3 is 2.69 bits per heavy atom. The van der Waals surface area contributed by atoms with Crippen molar-refractivity contribution < 1.29 is 0 Å². The van der Waals surface area contributed by atoms with E-state index in [2.05, 4.69) is 24.0 Å². The molecule has 2 rings (SSSR count). The van der Waals surface area contributed by atoms with Crippen molar-refractivity contribution in [1.29, 1.82) is 0 Å². The van der Waals surface area contributed by atoms with Gasteiger partial charge in [-0.05, 0) is 43.9 Å². The lowest BCUT2D eigenvalue weighted by Crippen LogP contribution is -2.41.